The normalized spacial score (nSPS) is 3.64. The Hall–Kier alpha value is -0.131. The van der Waals surface area contributed by atoms with Gasteiger partial charge >= 0.3 is 17.1 Å². The largest absolute Gasteiger partial charge is 6.00 e. The van der Waals surface area contributed by atoms with Crippen molar-refractivity contribution in [3.05, 3.63) is 67.5 Å². The van der Waals surface area contributed by atoms with Crippen LogP contribution in [0.25, 0.3) is 0 Å². The Kier molecular flexibility index (Phi) is 133. The zero-order valence-corrected chi connectivity index (χ0v) is 9.34. The molecule has 0 aliphatic rings. The van der Waals surface area contributed by atoms with Crippen LogP contribution in [-0.4, -0.2) is 0 Å². The fourth-order valence-corrected chi connectivity index (χ4v) is 0.321. The van der Waals surface area contributed by atoms with Gasteiger partial charge in [-0.25, -0.2) is 12.1 Å². The maximum atomic E-state index is 2.00. The van der Waals surface area contributed by atoms with Crippen molar-refractivity contribution >= 4 is 0 Å². The van der Waals surface area contributed by atoms with Crippen LogP contribution in [0.3, 0.4) is 0 Å². The van der Waals surface area contributed by atoms with Gasteiger partial charge in [0.25, 0.3) is 0 Å². The molecule has 0 atom stereocenters. The molecule has 1 rings (SSSR count). The second-order valence-corrected chi connectivity index (χ2v) is 0.962. The Morgan fingerprint density at radius 2 is 0.909 bits per heavy atom. The number of hydrogen-bond donors (Lipinski definition) is 0. The van der Waals surface area contributed by atoms with Crippen molar-refractivity contribution in [2.75, 3.05) is 0 Å². The van der Waals surface area contributed by atoms with E-state index in [1.165, 1.54) is 0 Å². The van der Waals surface area contributed by atoms with Crippen molar-refractivity contribution < 1.29 is 17.1 Å². The molecule has 0 aliphatic carbocycles. The molecule has 0 radical (unpaired) electrons. The van der Waals surface area contributed by atoms with Gasteiger partial charge in [0.2, 0.25) is 0 Å². The maximum absolute atomic E-state index is 2.00. The minimum absolute atomic E-state index is 0. The zero-order chi connectivity index (χ0) is 3.54. The van der Waals surface area contributed by atoms with E-state index in [1.807, 2.05) is 30.3 Å². The van der Waals surface area contributed by atoms with Gasteiger partial charge in [0, 0.05) is 0 Å². The first-order valence-corrected chi connectivity index (χ1v) is 1.67. The number of rotatable bonds is 0. The van der Waals surface area contributed by atoms with Gasteiger partial charge in [-0.05, 0) is 0 Å². The molecule has 0 saturated carbocycles. The minimum Gasteiger partial charge on any atom is -0.358 e. The van der Waals surface area contributed by atoms with Crippen molar-refractivity contribution in [3.63, 3.8) is 0 Å². The van der Waals surface area contributed by atoms with Gasteiger partial charge < -0.3 is 37.1 Å². The first kappa shape index (κ1) is 44.7. The van der Waals surface area contributed by atoms with E-state index in [2.05, 4.69) is 0 Å². The van der Waals surface area contributed by atoms with Gasteiger partial charge in [-0.1, -0.05) is 0 Å². The van der Waals surface area contributed by atoms with Crippen LogP contribution in [0, 0.1) is 37.1 Å². The second kappa shape index (κ2) is 32.7. The predicted molar refractivity (Wildman–Crippen MR) is 54.1 cm³/mol. The summed E-state index contributed by atoms with van der Waals surface area (Å²) >= 11 is 0. The van der Waals surface area contributed by atoms with E-state index in [1.54, 1.807) is 0 Å². The summed E-state index contributed by atoms with van der Waals surface area (Å²) in [6, 6.07) is 10.0. The molecule has 0 spiro atoms. The molecular formula is C10H20Fe. The molecule has 0 unspecified atom stereocenters. The molecule has 1 aromatic carbocycles. The van der Waals surface area contributed by atoms with Gasteiger partial charge in [0.1, 0.15) is 0 Å². The summed E-state index contributed by atoms with van der Waals surface area (Å²) in [7, 11) is 0. The van der Waals surface area contributed by atoms with E-state index in [0.717, 1.165) is 0 Å². The van der Waals surface area contributed by atoms with Crippen LogP contribution in [0.4, 0.5) is 0 Å². The third-order valence-corrected chi connectivity index (χ3v) is 0.556. The zero-order valence-electron chi connectivity index (χ0n) is 8.24. The first-order valence-electron chi connectivity index (χ1n) is 1.67. The standard InChI is InChI=1S/C5H5.5CH3.Fe/c1-2-4-5-3-1;;;;;;/h1-5H;5*1H3;/q6*-1;+6. The van der Waals surface area contributed by atoms with Crippen LogP contribution in [0.5, 0.6) is 0 Å². The Bertz CT molecular complexity index is 61.3. The average molecular weight is 196 g/mol. The van der Waals surface area contributed by atoms with Crippen molar-refractivity contribution in [2.24, 2.45) is 0 Å². The molecule has 0 saturated heterocycles. The third kappa shape index (κ3) is 25.8. The van der Waals surface area contributed by atoms with Crippen LogP contribution in [0.2, 0.25) is 0 Å². The summed E-state index contributed by atoms with van der Waals surface area (Å²) in [6.45, 7) is 0. The molecule has 1 heteroatoms. The van der Waals surface area contributed by atoms with Crippen LogP contribution in [0.15, 0.2) is 30.3 Å². The van der Waals surface area contributed by atoms with Crippen LogP contribution < -0.4 is 0 Å². The molecule has 11 heavy (non-hydrogen) atoms. The summed E-state index contributed by atoms with van der Waals surface area (Å²) < 4.78 is 0. The van der Waals surface area contributed by atoms with Crippen molar-refractivity contribution in [2.45, 2.75) is 0 Å². The van der Waals surface area contributed by atoms with E-state index in [-0.39, 0.29) is 54.2 Å². The van der Waals surface area contributed by atoms with Crippen molar-refractivity contribution in [1.29, 1.82) is 0 Å². The van der Waals surface area contributed by atoms with E-state index in [4.69, 9.17) is 0 Å². The monoisotopic (exact) mass is 196 g/mol. The molecule has 68 valence electrons. The quantitative estimate of drug-likeness (QED) is 0.438. The summed E-state index contributed by atoms with van der Waals surface area (Å²) in [4.78, 5) is 0. The average Bonchev–Trinajstić information content (AvgIpc) is 1.76. The molecule has 0 nitrogen and oxygen atoms in total. The van der Waals surface area contributed by atoms with E-state index in [0.29, 0.717) is 0 Å². The number of hydrogen-bond acceptors (Lipinski definition) is 0. The topological polar surface area (TPSA) is 0 Å². The Morgan fingerprint density at radius 3 is 1.00 bits per heavy atom. The molecule has 0 fully saturated rings. The molecule has 0 aromatic heterocycles. The van der Waals surface area contributed by atoms with Crippen LogP contribution in [0.1, 0.15) is 0 Å². The molecule has 0 aliphatic heterocycles. The summed E-state index contributed by atoms with van der Waals surface area (Å²) in [5.41, 5.74) is 0. The van der Waals surface area contributed by atoms with Gasteiger partial charge in [0.15, 0.2) is 0 Å². The smallest absolute Gasteiger partial charge is 0.358 e. The Morgan fingerprint density at radius 1 is 0.636 bits per heavy atom. The molecule has 0 amide bonds. The van der Waals surface area contributed by atoms with Gasteiger partial charge in [0.05, 0.1) is 0 Å². The Balaban J connectivity index is -0.0000000104. The van der Waals surface area contributed by atoms with Crippen LogP contribution >= 0.6 is 0 Å². The van der Waals surface area contributed by atoms with Crippen molar-refractivity contribution in [3.8, 4) is 0 Å². The summed E-state index contributed by atoms with van der Waals surface area (Å²) in [5.74, 6) is 0. The SMILES string of the molecule is [CH3-].[CH3-].[CH3-].[CH3-].[CH3-].[Fe+6].c1cc[cH-]c1. The van der Waals surface area contributed by atoms with E-state index < -0.39 is 0 Å². The van der Waals surface area contributed by atoms with E-state index >= 15 is 0 Å². The van der Waals surface area contributed by atoms with Gasteiger partial charge in [-0.2, -0.15) is 18.2 Å². The van der Waals surface area contributed by atoms with Crippen LogP contribution in [-0.2, 0) is 17.1 Å². The van der Waals surface area contributed by atoms with Crippen molar-refractivity contribution in [1.82, 2.24) is 0 Å². The van der Waals surface area contributed by atoms with Gasteiger partial charge in [-0.15, -0.1) is 0 Å². The van der Waals surface area contributed by atoms with E-state index in [9.17, 15) is 0 Å². The maximum Gasteiger partial charge on any atom is 6.00 e. The molecule has 0 heterocycles. The third-order valence-electron chi connectivity index (χ3n) is 0.556. The fourth-order valence-electron chi connectivity index (χ4n) is 0.321. The summed E-state index contributed by atoms with van der Waals surface area (Å²) in [5, 5.41) is 0. The molecular weight excluding hydrogens is 176 g/mol. The fraction of sp³-hybridized carbons (Fsp3) is 0. The molecule has 1 aromatic rings. The Labute approximate surface area is 84.9 Å². The molecule has 0 bridgehead atoms. The minimum atomic E-state index is 0. The second-order valence-electron chi connectivity index (χ2n) is 0.962. The summed E-state index contributed by atoms with van der Waals surface area (Å²) in [6.07, 6.45) is 0. The first-order chi connectivity index (χ1) is 2.50. The molecule has 0 N–H and O–H groups in total. The predicted octanol–water partition coefficient (Wildman–Crippen LogP) is 3.65. The van der Waals surface area contributed by atoms with Gasteiger partial charge in [-0.3, -0.25) is 0 Å².